The largest absolute Gasteiger partial charge is 0.242 e. The first-order chi connectivity index (χ1) is 7.86. The van der Waals surface area contributed by atoms with Gasteiger partial charge in [0.2, 0.25) is 10.0 Å². The molecule has 0 heterocycles. The number of nitrogens with one attached hydrogen (secondary N) is 1. The molecule has 1 aromatic carbocycles. The summed E-state index contributed by atoms with van der Waals surface area (Å²) in [6, 6.07) is 4.67. The summed E-state index contributed by atoms with van der Waals surface area (Å²) in [6.45, 7) is 1.73. The molecule has 3 nitrogen and oxygen atoms in total. The first-order valence-electron chi connectivity index (χ1n) is 4.77. The Morgan fingerprint density at radius 1 is 1.47 bits per heavy atom. The third-order valence-corrected chi connectivity index (χ3v) is 5.04. The van der Waals surface area contributed by atoms with Gasteiger partial charge in [-0.3, -0.25) is 0 Å². The summed E-state index contributed by atoms with van der Waals surface area (Å²) in [4.78, 5) is 0.191. The molecule has 1 unspecified atom stereocenters. The third-order valence-electron chi connectivity index (χ3n) is 1.96. The van der Waals surface area contributed by atoms with Gasteiger partial charge >= 0.3 is 0 Å². The van der Waals surface area contributed by atoms with Crippen molar-refractivity contribution >= 4 is 41.9 Å². The fourth-order valence-electron chi connectivity index (χ4n) is 1.23. The van der Waals surface area contributed by atoms with Gasteiger partial charge in [0.15, 0.2) is 0 Å². The normalized spacial score (nSPS) is 13.1. The van der Waals surface area contributed by atoms with Crippen molar-refractivity contribution in [3.05, 3.63) is 27.1 Å². The van der Waals surface area contributed by atoms with Gasteiger partial charge in [0, 0.05) is 21.4 Å². The maximum atomic E-state index is 12.1. The van der Waals surface area contributed by atoms with Gasteiger partial charge in [-0.1, -0.05) is 15.9 Å². The highest BCUT2D eigenvalue weighted by Gasteiger charge is 2.20. The minimum absolute atomic E-state index is 0.191. The van der Waals surface area contributed by atoms with Crippen LogP contribution in [0, 0.1) is 12.3 Å². The predicted octanol–water partition coefficient (Wildman–Crippen LogP) is 2.90. The van der Waals surface area contributed by atoms with Crippen molar-refractivity contribution in [3.63, 3.8) is 0 Å². The lowest BCUT2D eigenvalue weighted by atomic mass is 10.3. The van der Waals surface area contributed by atoms with E-state index in [0.29, 0.717) is 15.4 Å². The van der Waals surface area contributed by atoms with Crippen molar-refractivity contribution in [3.8, 4) is 12.3 Å². The Bertz CT molecular complexity index is 549. The van der Waals surface area contributed by atoms with E-state index in [4.69, 9.17) is 6.42 Å². The summed E-state index contributed by atoms with van der Waals surface area (Å²) < 4.78 is 27.9. The highest BCUT2D eigenvalue weighted by atomic mass is 79.9. The molecule has 0 bridgehead atoms. The Hall–Kier alpha value is -0.350. The lowest BCUT2D eigenvalue weighted by molar-refractivity contribution is 0.563. The highest BCUT2D eigenvalue weighted by molar-refractivity contribution is 9.11. The molecule has 1 rings (SSSR count). The molecular formula is C11H11Br2NO2S. The van der Waals surface area contributed by atoms with Crippen LogP contribution in [0.3, 0.4) is 0 Å². The lowest BCUT2D eigenvalue weighted by Gasteiger charge is -2.13. The maximum Gasteiger partial charge on any atom is 0.242 e. The number of terminal acetylenes is 1. The molecule has 0 saturated carbocycles. The Morgan fingerprint density at radius 3 is 2.71 bits per heavy atom. The van der Waals surface area contributed by atoms with E-state index in [-0.39, 0.29) is 10.9 Å². The molecule has 0 spiro atoms. The first kappa shape index (κ1) is 14.7. The molecule has 0 aliphatic rings. The molecule has 0 fully saturated rings. The summed E-state index contributed by atoms with van der Waals surface area (Å²) in [5, 5.41) is 0. The molecule has 0 aromatic heterocycles. The second-order valence-electron chi connectivity index (χ2n) is 3.51. The van der Waals surface area contributed by atoms with Crippen LogP contribution in [0.1, 0.15) is 13.3 Å². The zero-order valence-electron chi connectivity index (χ0n) is 9.07. The van der Waals surface area contributed by atoms with E-state index < -0.39 is 10.0 Å². The van der Waals surface area contributed by atoms with Crippen LogP contribution in [0.2, 0.25) is 0 Å². The molecule has 17 heavy (non-hydrogen) atoms. The summed E-state index contributed by atoms with van der Waals surface area (Å²) >= 11 is 6.46. The van der Waals surface area contributed by atoms with E-state index in [2.05, 4.69) is 42.5 Å². The van der Waals surface area contributed by atoms with E-state index in [9.17, 15) is 8.42 Å². The van der Waals surface area contributed by atoms with E-state index >= 15 is 0 Å². The van der Waals surface area contributed by atoms with Gasteiger partial charge in [0.1, 0.15) is 0 Å². The Balaban J connectivity index is 3.06. The highest BCUT2D eigenvalue weighted by Crippen LogP contribution is 2.25. The first-order valence-corrected chi connectivity index (χ1v) is 7.84. The summed E-state index contributed by atoms with van der Waals surface area (Å²) in [6.07, 6.45) is 5.49. The Morgan fingerprint density at radius 2 is 2.12 bits per heavy atom. The third kappa shape index (κ3) is 4.11. The monoisotopic (exact) mass is 379 g/mol. The van der Waals surface area contributed by atoms with Crippen LogP contribution in [0.5, 0.6) is 0 Å². The van der Waals surface area contributed by atoms with Gasteiger partial charge in [-0.25, -0.2) is 13.1 Å². The Labute approximate surface area is 118 Å². The van der Waals surface area contributed by atoms with E-state index in [1.54, 1.807) is 19.1 Å². The number of hydrogen-bond donors (Lipinski definition) is 1. The number of benzene rings is 1. The molecule has 6 heteroatoms. The Kier molecular flexibility index (Phi) is 5.20. The number of halogens is 2. The van der Waals surface area contributed by atoms with Crippen LogP contribution in [0.25, 0.3) is 0 Å². The molecule has 0 aliphatic carbocycles. The van der Waals surface area contributed by atoms with Crippen molar-refractivity contribution in [1.82, 2.24) is 4.72 Å². The smallest absolute Gasteiger partial charge is 0.207 e. The van der Waals surface area contributed by atoms with E-state index in [0.717, 1.165) is 0 Å². The topological polar surface area (TPSA) is 46.2 Å². The number of hydrogen-bond acceptors (Lipinski definition) is 2. The molecule has 1 N–H and O–H groups in total. The molecule has 0 saturated heterocycles. The number of rotatable bonds is 4. The SMILES string of the molecule is C#CCC(C)NS(=O)(=O)c1cc(Br)ccc1Br. The molecule has 1 atom stereocenters. The van der Waals surface area contributed by atoms with Gasteiger partial charge in [0.25, 0.3) is 0 Å². The zero-order valence-corrected chi connectivity index (χ0v) is 13.1. The van der Waals surface area contributed by atoms with E-state index in [1.807, 2.05) is 0 Å². The molecular weight excluding hydrogens is 370 g/mol. The van der Waals surface area contributed by atoms with Crippen LogP contribution in [0.15, 0.2) is 32.0 Å². The predicted molar refractivity (Wildman–Crippen MR) is 75.1 cm³/mol. The van der Waals surface area contributed by atoms with E-state index in [1.165, 1.54) is 6.07 Å². The minimum Gasteiger partial charge on any atom is -0.207 e. The summed E-state index contributed by atoms with van der Waals surface area (Å²) in [7, 11) is -3.56. The maximum absolute atomic E-state index is 12.1. The van der Waals surface area contributed by atoms with Gasteiger partial charge in [0.05, 0.1) is 4.90 Å². The standard InChI is InChI=1S/C11H11Br2NO2S/c1-3-4-8(2)14-17(15,16)11-7-9(12)5-6-10(11)13/h1,5-8,14H,4H2,2H3. The van der Waals surface area contributed by atoms with Crippen molar-refractivity contribution in [1.29, 1.82) is 0 Å². The average Bonchev–Trinajstić information content (AvgIpc) is 2.21. The molecule has 0 aliphatic heterocycles. The van der Waals surface area contributed by atoms with Gasteiger partial charge in [-0.15, -0.1) is 12.3 Å². The van der Waals surface area contributed by atoms with Gasteiger partial charge in [-0.2, -0.15) is 0 Å². The zero-order chi connectivity index (χ0) is 13.1. The molecule has 1 aromatic rings. The molecule has 0 radical (unpaired) electrons. The fourth-order valence-corrected chi connectivity index (χ4v) is 3.98. The second kappa shape index (κ2) is 6.01. The van der Waals surface area contributed by atoms with Crippen molar-refractivity contribution in [2.45, 2.75) is 24.3 Å². The van der Waals surface area contributed by atoms with Crippen LogP contribution < -0.4 is 4.72 Å². The van der Waals surface area contributed by atoms with Crippen LogP contribution in [-0.2, 0) is 10.0 Å². The minimum atomic E-state index is -3.56. The van der Waals surface area contributed by atoms with Gasteiger partial charge < -0.3 is 0 Å². The van der Waals surface area contributed by atoms with Crippen molar-refractivity contribution in [2.24, 2.45) is 0 Å². The second-order valence-corrected chi connectivity index (χ2v) is 6.96. The van der Waals surface area contributed by atoms with Crippen LogP contribution in [0.4, 0.5) is 0 Å². The van der Waals surface area contributed by atoms with Crippen LogP contribution >= 0.6 is 31.9 Å². The number of sulfonamides is 1. The van der Waals surface area contributed by atoms with Crippen molar-refractivity contribution in [2.75, 3.05) is 0 Å². The molecule has 0 amide bonds. The quantitative estimate of drug-likeness (QED) is 0.816. The fraction of sp³-hybridized carbons (Fsp3) is 0.273. The lowest BCUT2D eigenvalue weighted by Crippen LogP contribution is -2.32. The average molecular weight is 381 g/mol. The van der Waals surface area contributed by atoms with Crippen LogP contribution in [-0.4, -0.2) is 14.5 Å². The van der Waals surface area contributed by atoms with Crippen molar-refractivity contribution < 1.29 is 8.42 Å². The van der Waals surface area contributed by atoms with Gasteiger partial charge in [-0.05, 0) is 41.1 Å². The summed E-state index contributed by atoms with van der Waals surface area (Å²) in [5.41, 5.74) is 0. The summed E-state index contributed by atoms with van der Waals surface area (Å²) in [5.74, 6) is 2.42. The molecule has 92 valence electrons.